The van der Waals surface area contributed by atoms with Crippen molar-refractivity contribution in [3.8, 4) is 5.75 Å². The molecule has 0 fully saturated rings. The van der Waals surface area contributed by atoms with Crippen LogP contribution >= 0.6 is 0 Å². The van der Waals surface area contributed by atoms with Crippen molar-refractivity contribution in [3.63, 3.8) is 0 Å². The second-order valence-electron chi connectivity index (χ2n) is 4.95. The average molecular weight is 342 g/mol. The molecule has 1 atom stereocenters. The van der Waals surface area contributed by atoms with E-state index >= 15 is 0 Å². The van der Waals surface area contributed by atoms with E-state index in [0.717, 1.165) is 12.1 Å². The molecule has 9 heteroatoms. The second-order valence-corrected chi connectivity index (χ2v) is 6.83. The second kappa shape index (κ2) is 5.69. The lowest BCUT2D eigenvalue weighted by Crippen LogP contribution is -2.23. The molecule has 0 radical (unpaired) electrons. The van der Waals surface area contributed by atoms with E-state index in [-0.39, 0.29) is 17.9 Å². The van der Waals surface area contributed by atoms with E-state index in [1.165, 1.54) is 0 Å². The Balaban J connectivity index is 2.65. The number of hydrogen-bond donors (Lipinski definition) is 1. The molecule has 4 nitrogen and oxygen atoms in total. The smallest absolute Gasteiger partial charge is 0.341 e. The van der Waals surface area contributed by atoms with Crippen molar-refractivity contribution >= 4 is 9.84 Å². The van der Waals surface area contributed by atoms with Crippen LogP contribution in [0.2, 0.25) is 0 Å². The molecule has 1 aromatic rings. The van der Waals surface area contributed by atoms with Crippen molar-refractivity contribution < 1.29 is 35.8 Å². The van der Waals surface area contributed by atoms with E-state index in [2.05, 4.69) is 0 Å². The Bertz CT molecular complexity index is 673. The van der Waals surface area contributed by atoms with Gasteiger partial charge in [-0.05, 0) is 18.6 Å². The Morgan fingerprint density at radius 2 is 2.05 bits per heavy atom. The summed E-state index contributed by atoms with van der Waals surface area (Å²) >= 11 is 0. The molecular formula is C13H14F4O4S. The highest BCUT2D eigenvalue weighted by Crippen LogP contribution is 2.49. The van der Waals surface area contributed by atoms with Crippen LogP contribution in [0.5, 0.6) is 5.75 Å². The zero-order chi connectivity index (χ0) is 16.7. The Labute approximate surface area is 124 Å². The molecule has 0 heterocycles. The zero-order valence-electron chi connectivity index (χ0n) is 11.5. The number of hydrogen-bond acceptors (Lipinski definition) is 4. The van der Waals surface area contributed by atoms with Gasteiger partial charge in [-0.2, -0.15) is 8.78 Å². The Kier molecular flexibility index (Phi) is 4.40. The summed E-state index contributed by atoms with van der Waals surface area (Å²) in [5, 5.41) is 9.67. The van der Waals surface area contributed by atoms with Gasteiger partial charge in [0.15, 0.2) is 0 Å². The third-order valence-corrected chi connectivity index (χ3v) is 4.80. The van der Waals surface area contributed by atoms with Crippen molar-refractivity contribution in [3.05, 3.63) is 23.3 Å². The van der Waals surface area contributed by atoms with Crippen LogP contribution in [0, 0.1) is 0 Å². The van der Waals surface area contributed by atoms with E-state index in [1.54, 1.807) is 6.92 Å². The van der Waals surface area contributed by atoms with Crippen molar-refractivity contribution in [1.82, 2.24) is 0 Å². The van der Waals surface area contributed by atoms with Gasteiger partial charge in [-0.3, -0.25) is 0 Å². The SMILES string of the molecule is CCCOc1ccc(S(=O)(=O)C(F)F)c2c1CC(F)(F)[C@H]2O. The van der Waals surface area contributed by atoms with Gasteiger partial charge in [0.2, 0.25) is 9.84 Å². The minimum atomic E-state index is -5.10. The molecule has 0 amide bonds. The third kappa shape index (κ3) is 2.67. The number of ether oxygens (including phenoxy) is 1. The number of rotatable bonds is 5. The topological polar surface area (TPSA) is 63.6 Å². The van der Waals surface area contributed by atoms with Crippen LogP contribution in [0.4, 0.5) is 17.6 Å². The lowest BCUT2D eigenvalue weighted by molar-refractivity contribution is -0.0976. The maximum atomic E-state index is 13.7. The predicted molar refractivity (Wildman–Crippen MR) is 69.0 cm³/mol. The van der Waals surface area contributed by atoms with Gasteiger partial charge in [-0.25, -0.2) is 17.2 Å². The van der Waals surface area contributed by atoms with Crippen LogP contribution in [-0.4, -0.2) is 31.8 Å². The normalized spacial score (nSPS) is 20.2. The van der Waals surface area contributed by atoms with E-state index < -0.39 is 44.5 Å². The summed E-state index contributed by atoms with van der Waals surface area (Å²) in [6.07, 6.45) is -2.85. The van der Waals surface area contributed by atoms with Gasteiger partial charge >= 0.3 is 5.76 Å². The van der Waals surface area contributed by atoms with Crippen molar-refractivity contribution in [2.45, 2.75) is 42.4 Å². The van der Waals surface area contributed by atoms with E-state index in [4.69, 9.17) is 4.74 Å². The summed E-state index contributed by atoms with van der Waals surface area (Å²) in [7, 11) is -5.10. The van der Waals surface area contributed by atoms with Crippen LogP contribution < -0.4 is 4.74 Å². The molecule has 1 N–H and O–H groups in total. The molecule has 1 aliphatic carbocycles. The summed E-state index contributed by atoms with van der Waals surface area (Å²) in [4.78, 5) is -0.981. The quantitative estimate of drug-likeness (QED) is 0.836. The van der Waals surface area contributed by atoms with Gasteiger partial charge in [0.1, 0.15) is 11.9 Å². The molecule has 22 heavy (non-hydrogen) atoms. The van der Waals surface area contributed by atoms with E-state index in [9.17, 15) is 31.1 Å². The largest absolute Gasteiger partial charge is 0.493 e. The van der Waals surface area contributed by atoms with Crippen LogP contribution in [0.25, 0.3) is 0 Å². The van der Waals surface area contributed by atoms with Crippen LogP contribution in [0.3, 0.4) is 0 Å². The highest BCUT2D eigenvalue weighted by Gasteiger charge is 2.51. The maximum absolute atomic E-state index is 13.7. The summed E-state index contributed by atoms with van der Waals surface area (Å²) in [6, 6.07) is 1.84. The minimum absolute atomic E-state index is 0.0266. The van der Waals surface area contributed by atoms with Gasteiger partial charge < -0.3 is 9.84 Å². The van der Waals surface area contributed by atoms with Gasteiger partial charge in [-0.1, -0.05) is 6.92 Å². The molecule has 0 unspecified atom stereocenters. The molecule has 0 aliphatic heterocycles. The fourth-order valence-corrected chi connectivity index (χ4v) is 3.33. The predicted octanol–water partition coefficient (Wildman–Crippen LogP) is 2.70. The van der Waals surface area contributed by atoms with E-state index in [1.807, 2.05) is 0 Å². The van der Waals surface area contributed by atoms with Crippen LogP contribution in [-0.2, 0) is 16.3 Å². The minimum Gasteiger partial charge on any atom is -0.493 e. The Hall–Kier alpha value is -1.35. The van der Waals surface area contributed by atoms with Crippen molar-refractivity contribution in [1.29, 1.82) is 0 Å². The molecule has 0 spiro atoms. The number of aliphatic hydroxyl groups excluding tert-OH is 1. The fourth-order valence-electron chi connectivity index (χ4n) is 2.34. The monoisotopic (exact) mass is 342 g/mol. The fraction of sp³-hybridized carbons (Fsp3) is 0.538. The number of fused-ring (bicyclic) bond motifs is 1. The first-order chi connectivity index (χ1) is 10.1. The van der Waals surface area contributed by atoms with Gasteiger partial charge in [-0.15, -0.1) is 0 Å². The van der Waals surface area contributed by atoms with E-state index in [0.29, 0.717) is 6.42 Å². The first-order valence-electron chi connectivity index (χ1n) is 6.49. The van der Waals surface area contributed by atoms with Crippen molar-refractivity contribution in [2.75, 3.05) is 6.61 Å². The molecule has 0 aromatic heterocycles. The number of alkyl halides is 4. The van der Waals surface area contributed by atoms with Gasteiger partial charge in [0, 0.05) is 17.5 Å². The maximum Gasteiger partial charge on any atom is 0.341 e. The van der Waals surface area contributed by atoms with Crippen LogP contribution in [0.1, 0.15) is 30.6 Å². The first-order valence-corrected chi connectivity index (χ1v) is 8.04. The summed E-state index contributed by atoms with van der Waals surface area (Å²) < 4.78 is 81.3. The van der Waals surface area contributed by atoms with Crippen molar-refractivity contribution in [2.24, 2.45) is 0 Å². The Morgan fingerprint density at radius 1 is 1.41 bits per heavy atom. The molecule has 0 saturated carbocycles. The van der Waals surface area contributed by atoms with Gasteiger partial charge in [0.25, 0.3) is 5.92 Å². The van der Waals surface area contributed by atoms with Gasteiger partial charge in [0.05, 0.1) is 11.5 Å². The summed E-state index contributed by atoms with van der Waals surface area (Å²) in [6.45, 7) is 1.97. The standard InChI is InChI=1S/C13H14F4O4S/c1-2-5-21-8-3-4-9(22(19,20)12(14)15)10-7(8)6-13(16,17)11(10)18/h3-4,11-12,18H,2,5-6H2,1H3/t11-/m0/s1. The molecule has 1 aromatic carbocycles. The summed E-state index contributed by atoms with van der Waals surface area (Å²) in [5.41, 5.74) is -0.938. The zero-order valence-corrected chi connectivity index (χ0v) is 12.3. The molecule has 2 rings (SSSR count). The third-order valence-electron chi connectivity index (χ3n) is 3.36. The van der Waals surface area contributed by atoms with Crippen LogP contribution in [0.15, 0.2) is 17.0 Å². The molecule has 1 aliphatic rings. The number of aliphatic hydroxyl groups is 1. The highest BCUT2D eigenvalue weighted by atomic mass is 32.2. The lowest BCUT2D eigenvalue weighted by Gasteiger charge is -2.16. The number of benzene rings is 1. The average Bonchev–Trinajstić information content (AvgIpc) is 2.67. The Morgan fingerprint density at radius 3 is 2.59 bits per heavy atom. The molecule has 124 valence electrons. The lowest BCUT2D eigenvalue weighted by atomic mass is 10.1. The molecule has 0 saturated heterocycles. The molecular weight excluding hydrogens is 328 g/mol. The highest BCUT2D eigenvalue weighted by molar-refractivity contribution is 7.91. The summed E-state index contributed by atoms with van der Waals surface area (Å²) in [5.74, 6) is -7.43. The number of halogens is 4. The molecule has 0 bridgehead atoms. The first kappa shape index (κ1) is 17.0. The number of sulfone groups is 1.